The summed E-state index contributed by atoms with van der Waals surface area (Å²) >= 11 is 0. The van der Waals surface area contributed by atoms with Crippen molar-refractivity contribution in [2.45, 2.75) is 6.42 Å². The first-order valence-electron chi connectivity index (χ1n) is 11.0. The summed E-state index contributed by atoms with van der Waals surface area (Å²) in [6, 6.07) is 14.8. The maximum Gasteiger partial charge on any atom is 0.337 e. The Balaban J connectivity index is 1.64. The highest BCUT2D eigenvalue weighted by molar-refractivity contribution is 5.93. The fourth-order valence-electron chi connectivity index (χ4n) is 3.58. The van der Waals surface area contributed by atoms with Crippen LogP contribution in [0.2, 0.25) is 0 Å². The van der Waals surface area contributed by atoms with Crippen LogP contribution in [0.15, 0.2) is 60.9 Å². The number of carbonyl (C=O) groups excluding carboxylic acids is 1. The van der Waals surface area contributed by atoms with E-state index >= 15 is 0 Å². The van der Waals surface area contributed by atoms with Crippen molar-refractivity contribution in [1.82, 2.24) is 15.0 Å². The zero-order valence-electron chi connectivity index (χ0n) is 19.8. The van der Waals surface area contributed by atoms with E-state index in [0.717, 1.165) is 22.9 Å². The number of nitrogens with zero attached hydrogens (tertiary/aromatic N) is 3. The summed E-state index contributed by atoms with van der Waals surface area (Å²) in [5, 5.41) is 4.27. The lowest BCUT2D eigenvalue weighted by Crippen LogP contribution is -2.08. The van der Waals surface area contributed by atoms with Gasteiger partial charge in [0.15, 0.2) is 17.3 Å². The lowest BCUT2D eigenvalue weighted by atomic mass is 10.1. The molecule has 0 amide bonds. The van der Waals surface area contributed by atoms with Gasteiger partial charge in [0.2, 0.25) is 0 Å². The molecule has 2 heterocycles. The van der Waals surface area contributed by atoms with Gasteiger partial charge in [-0.2, -0.15) is 0 Å². The molecule has 0 bridgehead atoms. The van der Waals surface area contributed by atoms with Crippen molar-refractivity contribution in [2.24, 2.45) is 0 Å². The second-order valence-electron chi connectivity index (χ2n) is 7.63. The SMILES string of the molecule is COC(=O)c1ccc(/C=C/c2nc(NCCc3ccncc3)c3cc(OC)c(OC)cc3n2)cc1. The number of anilines is 1. The summed E-state index contributed by atoms with van der Waals surface area (Å²) in [4.78, 5) is 25.2. The van der Waals surface area contributed by atoms with E-state index in [1.54, 1.807) is 38.7 Å². The van der Waals surface area contributed by atoms with Gasteiger partial charge in [-0.05, 0) is 54.0 Å². The van der Waals surface area contributed by atoms with Gasteiger partial charge >= 0.3 is 5.97 Å². The number of esters is 1. The largest absolute Gasteiger partial charge is 0.493 e. The number of ether oxygens (including phenoxy) is 3. The van der Waals surface area contributed by atoms with Crippen LogP contribution in [-0.2, 0) is 11.2 Å². The van der Waals surface area contributed by atoms with Gasteiger partial charge in [0.25, 0.3) is 0 Å². The topological polar surface area (TPSA) is 95.5 Å². The molecule has 178 valence electrons. The van der Waals surface area contributed by atoms with E-state index in [9.17, 15) is 4.79 Å². The minimum Gasteiger partial charge on any atom is -0.493 e. The first kappa shape index (κ1) is 23.7. The molecule has 8 heteroatoms. The average molecular weight is 471 g/mol. The maximum absolute atomic E-state index is 11.7. The number of hydrogen-bond acceptors (Lipinski definition) is 8. The predicted octanol–water partition coefficient (Wildman–Crippen LogP) is 4.65. The maximum atomic E-state index is 11.7. The Morgan fingerprint density at radius 3 is 2.31 bits per heavy atom. The third-order valence-corrected chi connectivity index (χ3v) is 5.43. The molecule has 4 rings (SSSR count). The average Bonchev–Trinajstić information content (AvgIpc) is 2.91. The van der Waals surface area contributed by atoms with Crippen molar-refractivity contribution in [2.75, 3.05) is 33.2 Å². The van der Waals surface area contributed by atoms with Crippen LogP contribution in [0, 0.1) is 0 Å². The first-order valence-corrected chi connectivity index (χ1v) is 11.0. The van der Waals surface area contributed by atoms with Crippen LogP contribution >= 0.6 is 0 Å². The Morgan fingerprint density at radius 1 is 0.914 bits per heavy atom. The highest BCUT2D eigenvalue weighted by Crippen LogP contribution is 2.34. The summed E-state index contributed by atoms with van der Waals surface area (Å²) in [6.07, 6.45) is 8.11. The molecule has 4 aromatic rings. The molecule has 0 saturated carbocycles. The summed E-state index contributed by atoms with van der Waals surface area (Å²) in [5.74, 6) is 2.06. The van der Waals surface area contributed by atoms with Crippen LogP contribution in [0.4, 0.5) is 5.82 Å². The molecule has 0 aliphatic rings. The second-order valence-corrected chi connectivity index (χ2v) is 7.63. The molecule has 0 aliphatic carbocycles. The number of fused-ring (bicyclic) bond motifs is 1. The third-order valence-electron chi connectivity index (χ3n) is 5.43. The van der Waals surface area contributed by atoms with Crippen molar-refractivity contribution in [3.63, 3.8) is 0 Å². The fraction of sp³-hybridized carbons (Fsp3) is 0.185. The highest BCUT2D eigenvalue weighted by atomic mass is 16.5. The van der Waals surface area contributed by atoms with Crippen LogP contribution in [0.1, 0.15) is 27.3 Å². The van der Waals surface area contributed by atoms with Crippen molar-refractivity contribution in [1.29, 1.82) is 0 Å². The van der Waals surface area contributed by atoms with Gasteiger partial charge in [-0.15, -0.1) is 0 Å². The quantitative estimate of drug-likeness (QED) is 0.353. The fourth-order valence-corrected chi connectivity index (χ4v) is 3.58. The number of rotatable bonds is 9. The number of aromatic nitrogens is 3. The highest BCUT2D eigenvalue weighted by Gasteiger charge is 2.13. The third kappa shape index (κ3) is 5.73. The minimum absolute atomic E-state index is 0.370. The van der Waals surface area contributed by atoms with E-state index in [1.165, 1.54) is 12.7 Å². The molecule has 2 aromatic carbocycles. The van der Waals surface area contributed by atoms with Crippen molar-refractivity contribution in [3.8, 4) is 11.5 Å². The zero-order valence-corrected chi connectivity index (χ0v) is 19.8. The van der Waals surface area contributed by atoms with Crippen LogP contribution < -0.4 is 14.8 Å². The van der Waals surface area contributed by atoms with E-state index < -0.39 is 0 Å². The number of methoxy groups -OCH3 is 3. The predicted molar refractivity (Wildman–Crippen MR) is 136 cm³/mol. The Hall–Kier alpha value is -4.46. The normalized spacial score (nSPS) is 10.9. The number of hydrogen-bond donors (Lipinski definition) is 1. The van der Waals surface area contributed by atoms with Gasteiger partial charge in [-0.1, -0.05) is 18.2 Å². The Kier molecular flexibility index (Phi) is 7.52. The number of carbonyl (C=O) groups is 1. The summed E-state index contributed by atoms with van der Waals surface area (Å²) in [6.45, 7) is 0.683. The van der Waals surface area contributed by atoms with E-state index in [2.05, 4.69) is 10.3 Å². The van der Waals surface area contributed by atoms with Crippen LogP contribution in [-0.4, -0.2) is 48.8 Å². The van der Waals surface area contributed by atoms with Gasteiger partial charge in [0.05, 0.1) is 32.4 Å². The Bertz CT molecular complexity index is 1340. The van der Waals surface area contributed by atoms with Gasteiger partial charge in [0.1, 0.15) is 5.82 Å². The molecule has 0 fully saturated rings. The van der Waals surface area contributed by atoms with Gasteiger partial charge in [-0.25, -0.2) is 14.8 Å². The lowest BCUT2D eigenvalue weighted by molar-refractivity contribution is 0.0600. The van der Waals surface area contributed by atoms with E-state index in [0.29, 0.717) is 35.2 Å². The van der Waals surface area contributed by atoms with E-state index in [-0.39, 0.29) is 5.97 Å². The summed E-state index contributed by atoms with van der Waals surface area (Å²) in [7, 11) is 4.56. The van der Waals surface area contributed by atoms with Crippen LogP contribution in [0.25, 0.3) is 23.1 Å². The Labute approximate surface area is 203 Å². The van der Waals surface area contributed by atoms with Gasteiger partial charge in [0, 0.05) is 30.4 Å². The van der Waals surface area contributed by atoms with Crippen molar-refractivity contribution < 1.29 is 19.0 Å². The van der Waals surface area contributed by atoms with Crippen molar-refractivity contribution in [3.05, 3.63) is 83.4 Å². The second kappa shape index (κ2) is 11.1. The van der Waals surface area contributed by atoms with Crippen LogP contribution in [0.5, 0.6) is 11.5 Å². The molecule has 0 atom stereocenters. The minimum atomic E-state index is -0.370. The number of nitrogens with one attached hydrogen (secondary N) is 1. The summed E-state index contributed by atoms with van der Waals surface area (Å²) < 4.78 is 15.7. The molecule has 0 spiro atoms. The zero-order chi connectivity index (χ0) is 24.6. The molecule has 0 unspecified atom stereocenters. The standard InChI is InChI=1S/C27H26N4O4/c1-33-23-16-21-22(17-24(23)34-2)30-25(9-6-18-4-7-20(8-5-18)27(32)35-3)31-26(21)29-15-12-19-10-13-28-14-11-19/h4-11,13-14,16-17H,12,15H2,1-3H3,(H,29,30,31)/b9-6+. The van der Waals surface area contributed by atoms with Gasteiger partial charge in [-0.3, -0.25) is 4.98 Å². The van der Waals surface area contributed by atoms with E-state index in [1.807, 2.05) is 48.6 Å². The van der Waals surface area contributed by atoms with Gasteiger partial charge < -0.3 is 19.5 Å². The lowest BCUT2D eigenvalue weighted by Gasteiger charge is -2.13. The Morgan fingerprint density at radius 2 is 1.63 bits per heavy atom. The molecule has 1 N–H and O–H groups in total. The molecule has 35 heavy (non-hydrogen) atoms. The molecular formula is C27H26N4O4. The van der Waals surface area contributed by atoms with Crippen LogP contribution in [0.3, 0.4) is 0 Å². The van der Waals surface area contributed by atoms with Crippen molar-refractivity contribution >= 4 is 34.8 Å². The first-order chi connectivity index (χ1) is 17.1. The smallest absolute Gasteiger partial charge is 0.337 e. The monoisotopic (exact) mass is 470 g/mol. The molecule has 0 radical (unpaired) electrons. The number of pyridine rings is 1. The summed E-state index contributed by atoms with van der Waals surface area (Å²) in [5.41, 5.74) is 3.31. The van der Waals surface area contributed by atoms with E-state index in [4.69, 9.17) is 24.2 Å². The molecule has 0 saturated heterocycles. The molecule has 8 nitrogen and oxygen atoms in total. The molecule has 2 aromatic heterocycles. The molecular weight excluding hydrogens is 444 g/mol. The number of benzene rings is 2. The molecule has 0 aliphatic heterocycles.